The molecule has 1 saturated carbocycles. The number of amides is 1. The van der Waals surface area contributed by atoms with Gasteiger partial charge in [0.05, 0.1) is 5.69 Å². The summed E-state index contributed by atoms with van der Waals surface area (Å²) >= 11 is 6.07. The van der Waals surface area contributed by atoms with Crippen LogP contribution in [0.2, 0.25) is 5.15 Å². The van der Waals surface area contributed by atoms with Crippen LogP contribution in [0.4, 0.5) is 10.5 Å². The molecule has 2 rings (SSSR count). The Morgan fingerprint density at radius 1 is 1.36 bits per heavy atom. The first-order valence-electron chi connectivity index (χ1n) is 7.70. The second kappa shape index (κ2) is 7.18. The minimum atomic E-state index is -0.473. The fourth-order valence-electron chi connectivity index (χ4n) is 2.64. The van der Waals surface area contributed by atoms with Crippen molar-refractivity contribution in [2.45, 2.75) is 64.1 Å². The molecule has 0 aromatic carbocycles. The van der Waals surface area contributed by atoms with E-state index in [2.05, 4.69) is 15.6 Å². The van der Waals surface area contributed by atoms with Crippen molar-refractivity contribution >= 4 is 23.4 Å². The topological polar surface area (TPSA) is 63.2 Å². The van der Waals surface area contributed by atoms with Crippen molar-refractivity contribution in [3.8, 4) is 0 Å². The quantitative estimate of drug-likeness (QED) is 0.825. The standard InChI is InChI=1S/C16H24ClN3O2/c1-16(2,3)22-15(21)20-12-7-4-6-11(10-12)19-13-8-5-9-18-14(13)17/h5,8-9,11-12,19H,4,6-7,10H2,1-3H3,(H,20,21). The van der Waals surface area contributed by atoms with Gasteiger partial charge in [0.1, 0.15) is 5.60 Å². The largest absolute Gasteiger partial charge is 0.444 e. The molecule has 2 N–H and O–H groups in total. The van der Waals surface area contributed by atoms with E-state index in [1.807, 2.05) is 32.9 Å². The summed E-state index contributed by atoms with van der Waals surface area (Å²) in [6.07, 6.45) is 5.25. The van der Waals surface area contributed by atoms with E-state index in [0.29, 0.717) is 5.15 Å². The number of nitrogens with one attached hydrogen (secondary N) is 2. The molecule has 1 fully saturated rings. The Kier molecular flexibility index (Phi) is 5.51. The SMILES string of the molecule is CC(C)(C)OC(=O)NC1CCCC(Nc2cccnc2Cl)C1. The summed E-state index contributed by atoms with van der Waals surface area (Å²) in [5.41, 5.74) is 0.367. The van der Waals surface area contributed by atoms with E-state index in [1.54, 1.807) is 6.20 Å². The minimum Gasteiger partial charge on any atom is -0.444 e. The van der Waals surface area contributed by atoms with Gasteiger partial charge in [-0.05, 0) is 58.6 Å². The lowest BCUT2D eigenvalue weighted by Gasteiger charge is -2.31. The van der Waals surface area contributed by atoms with Gasteiger partial charge in [-0.15, -0.1) is 0 Å². The number of nitrogens with zero attached hydrogens (tertiary/aromatic N) is 1. The van der Waals surface area contributed by atoms with Crippen LogP contribution in [0.5, 0.6) is 0 Å². The van der Waals surface area contributed by atoms with Crippen molar-refractivity contribution in [2.75, 3.05) is 5.32 Å². The fourth-order valence-corrected chi connectivity index (χ4v) is 2.81. The van der Waals surface area contributed by atoms with Crippen molar-refractivity contribution in [2.24, 2.45) is 0 Å². The molecule has 1 aliphatic carbocycles. The van der Waals surface area contributed by atoms with E-state index in [1.165, 1.54) is 0 Å². The number of carbonyl (C=O) groups excluding carboxylic acids is 1. The van der Waals surface area contributed by atoms with E-state index < -0.39 is 5.60 Å². The highest BCUT2D eigenvalue weighted by Gasteiger charge is 2.25. The summed E-state index contributed by atoms with van der Waals surface area (Å²) in [5.74, 6) is 0. The van der Waals surface area contributed by atoms with Crippen LogP contribution in [0.1, 0.15) is 46.5 Å². The molecule has 1 aliphatic rings. The normalized spacial score (nSPS) is 22.0. The molecule has 122 valence electrons. The second-order valence-electron chi connectivity index (χ2n) is 6.69. The van der Waals surface area contributed by atoms with Gasteiger partial charge >= 0.3 is 6.09 Å². The molecule has 2 unspecified atom stereocenters. The van der Waals surface area contributed by atoms with Crippen LogP contribution in [0.15, 0.2) is 18.3 Å². The Bertz CT molecular complexity index is 516. The van der Waals surface area contributed by atoms with Crippen LogP contribution in [0, 0.1) is 0 Å². The molecule has 1 heterocycles. The Balaban J connectivity index is 1.87. The molecule has 2 atom stereocenters. The van der Waals surface area contributed by atoms with Crippen LogP contribution < -0.4 is 10.6 Å². The maximum absolute atomic E-state index is 11.9. The van der Waals surface area contributed by atoms with Crippen LogP contribution in [-0.4, -0.2) is 28.8 Å². The van der Waals surface area contributed by atoms with E-state index in [-0.39, 0.29) is 18.2 Å². The third-order valence-electron chi connectivity index (χ3n) is 3.51. The Hall–Kier alpha value is -1.49. The van der Waals surface area contributed by atoms with Gasteiger partial charge in [-0.1, -0.05) is 11.6 Å². The predicted octanol–water partition coefficient (Wildman–Crippen LogP) is 3.98. The molecule has 0 radical (unpaired) electrons. The molecule has 22 heavy (non-hydrogen) atoms. The number of ether oxygens (including phenoxy) is 1. The maximum atomic E-state index is 11.9. The van der Waals surface area contributed by atoms with Gasteiger partial charge in [-0.2, -0.15) is 0 Å². The van der Waals surface area contributed by atoms with Crippen LogP contribution in [0.25, 0.3) is 0 Å². The smallest absolute Gasteiger partial charge is 0.407 e. The third kappa shape index (κ3) is 5.37. The number of halogens is 1. The van der Waals surface area contributed by atoms with Crippen LogP contribution in [0.3, 0.4) is 0 Å². The van der Waals surface area contributed by atoms with Crippen molar-refractivity contribution in [1.29, 1.82) is 0 Å². The lowest BCUT2D eigenvalue weighted by Crippen LogP contribution is -2.43. The van der Waals surface area contributed by atoms with Gasteiger partial charge in [0.25, 0.3) is 0 Å². The molecular formula is C16H24ClN3O2. The predicted molar refractivity (Wildman–Crippen MR) is 88.3 cm³/mol. The van der Waals surface area contributed by atoms with Crippen molar-refractivity contribution in [1.82, 2.24) is 10.3 Å². The van der Waals surface area contributed by atoms with Crippen molar-refractivity contribution in [3.05, 3.63) is 23.5 Å². The molecule has 0 spiro atoms. The molecule has 0 aliphatic heterocycles. The number of anilines is 1. The number of rotatable bonds is 3. The highest BCUT2D eigenvalue weighted by molar-refractivity contribution is 6.31. The lowest BCUT2D eigenvalue weighted by atomic mass is 9.91. The highest BCUT2D eigenvalue weighted by Crippen LogP contribution is 2.25. The zero-order chi connectivity index (χ0) is 16.2. The first-order chi connectivity index (χ1) is 10.3. The highest BCUT2D eigenvalue weighted by atomic mass is 35.5. The maximum Gasteiger partial charge on any atom is 0.407 e. The Labute approximate surface area is 136 Å². The van der Waals surface area contributed by atoms with Gasteiger partial charge in [0, 0.05) is 18.3 Å². The molecule has 1 aromatic rings. The molecule has 5 nitrogen and oxygen atoms in total. The number of pyridine rings is 1. The average Bonchev–Trinajstić information content (AvgIpc) is 2.39. The summed E-state index contributed by atoms with van der Waals surface area (Å²) in [6, 6.07) is 4.17. The van der Waals surface area contributed by atoms with Gasteiger partial charge in [-0.3, -0.25) is 0 Å². The zero-order valence-corrected chi connectivity index (χ0v) is 14.1. The second-order valence-corrected chi connectivity index (χ2v) is 7.05. The van der Waals surface area contributed by atoms with E-state index in [4.69, 9.17) is 16.3 Å². The number of hydrogen-bond donors (Lipinski definition) is 2. The summed E-state index contributed by atoms with van der Waals surface area (Å²) in [6.45, 7) is 5.59. The van der Waals surface area contributed by atoms with Crippen molar-refractivity contribution in [3.63, 3.8) is 0 Å². The summed E-state index contributed by atoms with van der Waals surface area (Å²) in [4.78, 5) is 15.9. The molecule has 0 bridgehead atoms. The van der Waals surface area contributed by atoms with Crippen LogP contribution in [-0.2, 0) is 4.74 Å². The van der Waals surface area contributed by atoms with Gasteiger partial charge in [-0.25, -0.2) is 9.78 Å². The summed E-state index contributed by atoms with van der Waals surface area (Å²) < 4.78 is 5.31. The fraction of sp³-hybridized carbons (Fsp3) is 0.625. The Morgan fingerprint density at radius 3 is 2.77 bits per heavy atom. The first kappa shape index (κ1) is 16.9. The van der Waals surface area contributed by atoms with E-state index in [0.717, 1.165) is 31.4 Å². The van der Waals surface area contributed by atoms with Crippen molar-refractivity contribution < 1.29 is 9.53 Å². The van der Waals surface area contributed by atoms with Gasteiger partial charge in [0.2, 0.25) is 0 Å². The van der Waals surface area contributed by atoms with Gasteiger partial charge in [0.15, 0.2) is 5.15 Å². The summed E-state index contributed by atoms with van der Waals surface area (Å²) in [7, 11) is 0. The molecule has 6 heteroatoms. The molecule has 1 aromatic heterocycles. The number of aromatic nitrogens is 1. The molecule has 1 amide bonds. The lowest BCUT2D eigenvalue weighted by molar-refractivity contribution is 0.0492. The monoisotopic (exact) mass is 325 g/mol. The van der Waals surface area contributed by atoms with E-state index >= 15 is 0 Å². The third-order valence-corrected chi connectivity index (χ3v) is 3.81. The zero-order valence-electron chi connectivity index (χ0n) is 13.4. The molecule has 0 saturated heterocycles. The summed E-state index contributed by atoms with van der Waals surface area (Å²) in [5, 5.41) is 6.85. The minimum absolute atomic E-state index is 0.122. The first-order valence-corrected chi connectivity index (χ1v) is 8.08. The number of carbonyl (C=O) groups is 1. The van der Waals surface area contributed by atoms with E-state index in [9.17, 15) is 4.79 Å². The van der Waals surface area contributed by atoms with Crippen LogP contribution >= 0.6 is 11.6 Å². The van der Waals surface area contributed by atoms with Gasteiger partial charge < -0.3 is 15.4 Å². The number of alkyl carbamates (subject to hydrolysis) is 1. The molecular weight excluding hydrogens is 302 g/mol. The average molecular weight is 326 g/mol. The number of hydrogen-bond acceptors (Lipinski definition) is 4. The Morgan fingerprint density at radius 2 is 2.09 bits per heavy atom.